The summed E-state index contributed by atoms with van der Waals surface area (Å²) in [6.07, 6.45) is -1.45. The molecule has 0 saturated carbocycles. The number of benzene rings is 2. The highest BCUT2D eigenvalue weighted by Crippen LogP contribution is 2.29. The van der Waals surface area contributed by atoms with Gasteiger partial charge in [-0.05, 0) is 30.7 Å². The van der Waals surface area contributed by atoms with Crippen LogP contribution < -0.4 is 0 Å². The van der Waals surface area contributed by atoms with Crippen LogP contribution >= 0.6 is 0 Å². The standard InChI is InChI=1S/C24H28O7/c1-3-4-15-28-16-19-20(30-22(25)17-11-7-5-8-12-17)21(24(27-2)29-19)31-23(26)18-13-9-6-10-14-18/h5-14,19-21,24H,3-4,15-16H2,1-2H3/t19-,20?,21+,24-/m1/s1. The molecule has 7 nitrogen and oxygen atoms in total. The number of hydrogen-bond acceptors (Lipinski definition) is 7. The van der Waals surface area contributed by atoms with Crippen LogP contribution in [0, 0.1) is 0 Å². The molecular weight excluding hydrogens is 400 g/mol. The average molecular weight is 428 g/mol. The molecular formula is C24H28O7. The number of rotatable bonds is 10. The minimum atomic E-state index is -0.940. The average Bonchev–Trinajstić information content (AvgIpc) is 3.13. The summed E-state index contributed by atoms with van der Waals surface area (Å²) >= 11 is 0. The molecule has 1 aliphatic heterocycles. The van der Waals surface area contributed by atoms with E-state index in [9.17, 15) is 9.59 Å². The van der Waals surface area contributed by atoms with Crippen LogP contribution in [0.25, 0.3) is 0 Å². The fourth-order valence-corrected chi connectivity index (χ4v) is 3.26. The largest absolute Gasteiger partial charge is 0.452 e. The van der Waals surface area contributed by atoms with Crippen molar-refractivity contribution in [1.29, 1.82) is 0 Å². The Morgan fingerprint density at radius 1 is 0.871 bits per heavy atom. The molecule has 0 N–H and O–H groups in total. The molecule has 2 aromatic rings. The van der Waals surface area contributed by atoms with Gasteiger partial charge in [0, 0.05) is 13.7 Å². The van der Waals surface area contributed by atoms with Gasteiger partial charge in [-0.15, -0.1) is 0 Å². The molecule has 1 fully saturated rings. The number of esters is 2. The molecule has 0 spiro atoms. The van der Waals surface area contributed by atoms with Gasteiger partial charge >= 0.3 is 11.9 Å². The first-order chi connectivity index (χ1) is 15.1. The summed E-state index contributed by atoms with van der Waals surface area (Å²) in [5.74, 6) is -1.09. The smallest absolute Gasteiger partial charge is 0.338 e. The molecule has 7 heteroatoms. The van der Waals surface area contributed by atoms with Crippen molar-refractivity contribution in [3.63, 3.8) is 0 Å². The molecule has 1 saturated heterocycles. The van der Waals surface area contributed by atoms with Crippen molar-refractivity contribution in [2.45, 2.75) is 44.4 Å². The van der Waals surface area contributed by atoms with Crippen LogP contribution in [0.15, 0.2) is 60.7 Å². The van der Waals surface area contributed by atoms with Gasteiger partial charge in [0.1, 0.15) is 6.10 Å². The van der Waals surface area contributed by atoms with Gasteiger partial charge in [-0.25, -0.2) is 9.59 Å². The van der Waals surface area contributed by atoms with E-state index in [-0.39, 0.29) is 6.61 Å². The van der Waals surface area contributed by atoms with Gasteiger partial charge in [-0.1, -0.05) is 49.7 Å². The molecule has 1 aliphatic rings. The van der Waals surface area contributed by atoms with Crippen molar-refractivity contribution < 1.29 is 33.3 Å². The van der Waals surface area contributed by atoms with Crippen molar-refractivity contribution in [2.24, 2.45) is 0 Å². The molecule has 0 aliphatic carbocycles. The lowest BCUT2D eigenvalue weighted by molar-refractivity contribution is -0.157. The van der Waals surface area contributed by atoms with Crippen LogP contribution in [0.3, 0.4) is 0 Å². The van der Waals surface area contributed by atoms with Gasteiger partial charge in [0.2, 0.25) is 0 Å². The van der Waals surface area contributed by atoms with E-state index in [2.05, 4.69) is 6.92 Å². The van der Waals surface area contributed by atoms with Gasteiger partial charge in [0.15, 0.2) is 18.5 Å². The fraction of sp³-hybridized carbons (Fsp3) is 0.417. The molecule has 0 radical (unpaired) electrons. The predicted octanol–water partition coefficient (Wildman–Crippen LogP) is 3.63. The normalized spacial score (nSPS) is 22.8. The van der Waals surface area contributed by atoms with E-state index in [0.29, 0.717) is 17.7 Å². The maximum absolute atomic E-state index is 12.7. The van der Waals surface area contributed by atoms with E-state index in [1.165, 1.54) is 7.11 Å². The summed E-state index contributed by atoms with van der Waals surface area (Å²) in [7, 11) is 1.45. The van der Waals surface area contributed by atoms with Gasteiger partial charge in [-0.2, -0.15) is 0 Å². The molecule has 0 bridgehead atoms. The van der Waals surface area contributed by atoms with E-state index in [0.717, 1.165) is 12.8 Å². The van der Waals surface area contributed by atoms with Crippen molar-refractivity contribution in [3.05, 3.63) is 71.8 Å². The Morgan fingerprint density at radius 3 is 1.94 bits per heavy atom. The van der Waals surface area contributed by atoms with Crippen LogP contribution in [-0.4, -0.2) is 56.9 Å². The van der Waals surface area contributed by atoms with Crippen LogP contribution in [0.5, 0.6) is 0 Å². The first kappa shape index (κ1) is 22.9. The van der Waals surface area contributed by atoms with Crippen molar-refractivity contribution >= 4 is 11.9 Å². The van der Waals surface area contributed by atoms with E-state index in [4.69, 9.17) is 23.7 Å². The topological polar surface area (TPSA) is 80.3 Å². The Kier molecular flexibility index (Phi) is 8.58. The minimum absolute atomic E-state index is 0.186. The highest BCUT2D eigenvalue weighted by molar-refractivity contribution is 5.90. The Morgan fingerprint density at radius 2 is 1.42 bits per heavy atom. The molecule has 0 amide bonds. The van der Waals surface area contributed by atoms with Gasteiger partial charge in [-0.3, -0.25) is 0 Å². The van der Waals surface area contributed by atoms with E-state index in [1.54, 1.807) is 48.5 Å². The first-order valence-electron chi connectivity index (χ1n) is 10.4. The van der Waals surface area contributed by atoms with Gasteiger partial charge in [0.25, 0.3) is 0 Å². The van der Waals surface area contributed by atoms with E-state index >= 15 is 0 Å². The van der Waals surface area contributed by atoms with E-state index < -0.39 is 36.5 Å². The van der Waals surface area contributed by atoms with Crippen LogP contribution in [0.4, 0.5) is 0 Å². The second-order valence-corrected chi connectivity index (χ2v) is 7.18. The van der Waals surface area contributed by atoms with Crippen LogP contribution in [0.1, 0.15) is 40.5 Å². The SMILES string of the molecule is CCCCOC[C@H]1O[C@@H](OC)[C@@H](OC(=O)c2ccccc2)C1OC(=O)c1ccccc1. The van der Waals surface area contributed by atoms with Crippen molar-refractivity contribution in [2.75, 3.05) is 20.3 Å². The lowest BCUT2D eigenvalue weighted by atomic mass is 10.1. The molecule has 2 aromatic carbocycles. The third-order valence-electron chi connectivity index (χ3n) is 4.93. The number of unbranched alkanes of at least 4 members (excludes halogenated alkanes) is 1. The lowest BCUT2D eigenvalue weighted by Crippen LogP contribution is -2.42. The Balaban J connectivity index is 1.77. The highest BCUT2D eigenvalue weighted by atomic mass is 16.7. The molecule has 4 atom stereocenters. The minimum Gasteiger partial charge on any atom is -0.452 e. The van der Waals surface area contributed by atoms with Gasteiger partial charge in [0.05, 0.1) is 17.7 Å². The third kappa shape index (κ3) is 6.13. The first-order valence-corrected chi connectivity index (χ1v) is 10.4. The number of methoxy groups -OCH3 is 1. The van der Waals surface area contributed by atoms with Gasteiger partial charge < -0.3 is 23.7 Å². The second-order valence-electron chi connectivity index (χ2n) is 7.18. The zero-order chi connectivity index (χ0) is 22.1. The molecule has 0 aromatic heterocycles. The third-order valence-corrected chi connectivity index (χ3v) is 4.93. The number of carbonyl (C=O) groups is 2. The zero-order valence-electron chi connectivity index (χ0n) is 17.8. The Hall–Kier alpha value is -2.74. The van der Waals surface area contributed by atoms with Crippen molar-refractivity contribution in [1.82, 2.24) is 0 Å². The Bertz CT molecular complexity index is 824. The Labute approximate surface area is 182 Å². The summed E-state index contributed by atoms with van der Waals surface area (Å²) < 4.78 is 28.4. The molecule has 31 heavy (non-hydrogen) atoms. The number of hydrogen-bond donors (Lipinski definition) is 0. The molecule has 1 heterocycles. The number of carbonyl (C=O) groups excluding carboxylic acids is 2. The highest BCUT2D eigenvalue weighted by Gasteiger charge is 2.50. The summed E-state index contributed by atoms with van der Waals surface area (Å²) in [6.45, 7) is 2.81. The molecule has 1 unspecified atom stereocenters. The maximum atomic E-state index is 12.7. The summed E-state index contributed by atoms with van der Waals surface area (Å²) in [6, 6.07) is 17.2. The summed E-state index contributed by atoms with van der Waals surface area (Å²) in [5, 5.41) is 0. The summed E-state index contributed by atoms with van der Waals surface area (Å²) in [4.78, 5) is 25.4. The van der Waals surface area contributed by atoms with Crippen LogP contribution in [-0.2, 0) is 23.7 Å². The molecule has 3 rings (SSSR count). The van der Waals surface area contributed by atoms with Crippen molar-refractivity contribution in [3.8, 4) is 0 Å². The zero-order valence-corrected chi connectivity index (χ0v) is 17.8. The monoisotopic (exact) mass is 428 g/mol. The van der Waals surface area contributed by atoms with E-state index in [1.807, 2.05) is 12.1 Å². The quantitative estimate of drug-likeness (QED) is 0.422. The predicted molar refractivity (Wildman–Crippen MR) is 113 cm³/mol. The maximum Gasteiger partial charge on any atom is 0.338 e. The second kappa shape index (κ2) is 11.6. The van der Waals surface area contributed by atoms with Crippen LogP contribution in [0.2, 0.25) is 0 Å². The molecule has 166 valence electrons. The lowest BCUT2D eigenvalue weighted by Gasteiger charge is -2.24. The summed E-state index contributed by atoms with van der Waals surface area (Å²) in [5.41, 5.74) is 0.773. The number of ether oxygens (including phenoxy) is 5. The fourth-order valence-electron chi connectivity index (χ4n) is 3.26.